The lowest BCUT2D eigenvalue weighted by molar-refractivity contribution is 0.0909. The minimum atomic E-state index is -0.0104. The number of aryl methyl sites for hydroxylation is 1. The Kier molecular flexibility index (Phi) is 5.54. The van der Waals surface area contributed by atoms with E-state index >= 15 is 0 Å². The average Bonchev–Trinajstić information content (AvgIpc) is 2.57. The quantitative estimate of drug-likeness (QED) is 0.909. The lowest BCUT2D eigenvalue weighted by Gasteiger charge is -2.32. The minimum Gasteiger partial charge on any atom is -0.349 e. The highest BCUT2D eigenvalue weighted by Crippen LogP contribution is 2.16. The molecule has 3 nitrogen and oxygen atoms in total. The van der Waals surface area contributed by atoms with Gasteiger partial charge in [-0.3, -0.25) is 9.69 Å². The molecule has 0 radical (unpaired) electrons. The molecule has 2 aromatic carbocycles. The van der Waals surface area contributed by atoms with Crippen molar-refractivity contribution in [2.24, 2.45) is 0 Å². The van der Waals surface area contributed by atoms with E-state index in [9.17, 15) is 4.79 Å². The predicted octanol–water partition coefficient (Wildman–Crippen LogP) is 4.04. The maximum atomic E-state index is 12.3. The Hall–Kier alpha value is -1.84. The second-order valence-corrected chi connectivity index (χ2v) is 6.96. The van der Waals surface area contributed by atoms with E-state index in [1.54, 1.807) is 24.3 Å². The number of rotatable bonds is 4. The van der Waals surface area contributed by atoms with Gasteiger partial charge in [0.1, 0.15) is 0 Å². The van der Waals surface area contributed by atoms with Crippen LogP contribution in [0.5, 0.6) is 0 Å². The first-order chi connectivity index (χ1) is 11.6. The molecule has 24 heavy (non-hydrogen) atoms. The number of hydrogen-bond donors (Lipinski definition) is 1. The molecule has 1 amide bonds. The smallest absolute Gasteiger partial charge is 0.251 e. The van der Waals surface area contributed by atoms with Crippen molar-refractivity contribution in [3.05, 3.63) is 70.2 Å². The second kappa shape index (κ2) is 7.82. The van der Waals surface area contributed by atoms with E-state index in [4.69, 9.17) is 11.6 Å². The van der Waals surface area contributed by atoms with Crippen LogP contribution in [0, 0.1) is 6.92 Å². The molecule has 0 aliphatic carbocycles. The number of carbonyl (C=O) groups is 1. The largest absolute Gasteiger partial charge is 0.349 e. The number of nitrogens with zero attached hydrogens (tertiary/aromatic N) is 1. The lowest BCUT2D eigenvalue weighted by Crippen LogP contribution is -2.44. The SMILES string of the molecule is Cc1cccc(CN2CCC(NC(=O)c3ccc(Cl)cc3)CC2)c1. The van der Waals surface area contributed by atoms with Crippen molar-refractivity contribution in [3.63, 3.8) is 0 Å². The molecular weight excluding hydrogens is 320 g/mol. The summed E-state index contributed by atoms with van der Waals surface area (Å²) in [4.78, 5) is 14.7. The van der Waals surface area contributed by atoms with Crippen LogP contribution < -0.4 is 5.32 Å². The van der Waals surface area contributed by atoms with Crippen LogP contribution in [0.3, 0.4) is 0 Å². The number of benzene rings is 2. The monoisotopic (exact) mass is 342 g/mol. The van der Waals surface area contributed by atoms with Crippen molar-refractivity contribution in [2.45, 2.75) is 32.4 Å². The van der Waals surface area contributed by atoms with Crippen molar-refractivity contribution >= 4 is 17.5 Å². The average molecular weight is 343 g/mol. The first kappa shape index (κ1) is 17.0. The maximum absolute atomic E-state index is 12.3. The normalized spacial score (nSPS) is 16.1. The van der Waals surface area contributed by atoms with E-state index in [-0.39, 0.29) is 11.9 Å². The van der Waals surface area contributed by atoms with Crippen molar-refractivity contribution in [3.8, 4) is 0 Å². The summed E-state index contributed by atoms with van der Waals surface area (Å²) in [6.45, 7) is 5.14. The predicted molar refractivity (Wildman–Crippen MR) is 98.4 cm³/mol. The third-order valence-corrected chi connectivity index (χ3v) is 4.77. The summed E-state index contributed by atoms with van der Waals surface area (Å²) >= 11 is 5.86. The van der Waals surface area contributed by atoms with Crippen molar-refractivity contribution in [1.29, 1.82) is 0 Å². The highest BCUT2D eigenvalue weighted by Gasteiger charge is 2.21. The van der Waals surface area contributed by atoms with Gasteiger partial charge in [0.15, 0.2) is 0 Å². The van der Waals surface area contributed by atoms with Gasteiger partial charge in [-0.15, -0.1) is 0 Å². The Morgan fingerprint density at radius 1 is 1.17 bits per heavy atom. The van der Waals surface area contributed by atoms with Gasteiger partial charge in [-0.1, -0.05) is 41.4 Å². The van der Waals surface area contributed by atoms with Gasteiger partial charge in [-0.2, -0.15) is 0 Å². The van der Waals surface area contributed by atoms with Crippen LogP contribution in [0.25, 0.3) is 0 Å². The van der Waals surface area contributed by atoms with Gasteiger partial charge in [-0.05, 0) is 49.6 Å². The summed E-state index contributed by atoms with van der Waals surface area (Å²) in [6, 6.07) is 16.0. The number of carbonyl (C=O) groups excluding carboxylic acids is 1. The van der Waals surface area contributed by atoms with Gasteiger partial charge in [0, 0.05) is 36.3 Å². The van der Waals surface area contributed by atoms with Gasteiger partial charge in [0.25, 0.3) is 5.91 Å². The summed E-state index contributed by atoms with van der Waals surface area (Å²) in [5.74, 6) is -0.0104. The zero-order valence-electron chi connectivity index (χ0n) is 14.0. The standard InChI is InChI=1S/C20H23ClN2O/c1-15-3-2-4-16(13-15)14-23-11-9-19(10-12-23)22-20(24)17-5-7-18(21)8-6-17/h2-8,13,19H,9-12,14H2,1H3,(H,22,24). The third kappa shape index (κ3) is 4.59. The fourth-order valence-corrected chi connectivity index (χ4v) is 3.30. The summed E-state index contributed by atoms with van der Waals surface area (Å²) < 4.78 is 0. The highest BCUT2D eigenvalue weighted by atomic mass is 35.5. The molecule has 0 bridgehead atoms. The van der Waals surface area contributed by atoms with Crippen LogP contribution >= 0.6 is 11.6 Å². The Balaban J connectivity index is 1.48. The number of halogens is 1. The molecular formula is C20H23ClN2O. The number of nitrogens with one attached hydrogen (secondary N) is 1. The van der Waals surface area contributed by atoms with E-state index < -0.39 is 0 Å². The molecule has 0 spiro atoms. The summed E-state index contributed by atoms with van der Waals surface area (Å²) in [7, 11) is 0. The molecule has 0 unspecified atom stereocenters. The molecule has 0 atom stereocenters. The number of likely N-dealkylation sites (tertiary alicyclic amines) is 1. The molecule has 4 heteroatoms. The van der Waals surface area contributed by atoms with Gasteiger partial charge < -0.3 is 5.32 Å². The fraction of sp³-hybridized carbons (Fsp3) is 0.350. The molecule has 3 rings (SSSR count). The van der Waals surface area contributed by atoms with Crippen molar-refractivity contribution in [1.82, 2.24) is 10.2 Å². The van der Waals surface area contributed by atoms with E-state index in [2.05, 4.69) is 41.4 Å². The molecule has 1 fully saturated rings. The third-order valence-electron chi connectivity index (χ3n) is 4.52. The fourth-order valence-electron chi connectivity index (χ4n) is 3.17. The molecule has 126 valence electrons. The number of hydrogen-bond acceptors (Lipinski definition) is 2. The Labute approximate surface area is 148 Å². The van der Waals surface area contributed by atoms with Crippen molar-refractivity contribution < 1.29 is 4.79 Å². The molecule has 1 heterocycles. The topological polar surface area (TPSA) is 32.3 Å². The van der Waals surface area contributed by atoms with Gasteiger partial charge in [-0.25, -0.2) is 0 Å². The Morgan fingerprint density at radius 3 is 2.54 bits per heavy atom. The second-order valence-electron chi connectivity index (χ2n) is 6.52. The van der Waals surface area contributed by atoms with E-state index in [1.807, 2.05) is 0 Å². The van der Waals surface area contributed by atoms with E-state index in [0.717, 1.165) is 32.5 Å². The van der Waals surface area contributed by atoms with E-state index in [0.29, 0.717) is 10.6 Å². The first-order valence-corrected chi connectivity index (χ1v) is 8.82. The summed E-state index contributed by atoms with van der Waals surface area (Å²) in [5, 5.41) is 3.79. The van der Waals surface area contributed by atoms with Gasteiger partial charge in [0.05, 0.1) is 0 Å². The zero-order chi connectivity index (χ0) is 16.9. The number of piperidine rings is 1. The zero-order valence-corrected chi connectivity index (χ0v) is 14.7. The van der Waals surface area contributed by atoms with Crippen LogP contribution in [-0.4, -0.2) is 29.9 Å². The lowest BCUT2D eigenvalue weighted by atomic mass is 10.0. The molecule has 1 saturated heterocycles. The summed E-state index contributed by atoms with van der Waals surface area (Å²) in [6.07, 6.45) is 1.98. The van der Waals surface area contributed by atoms with Gasteiger partial charge >= 0.3 is 0 Å². The van der Waals surface area contributed by atoms with Crippen LogP contribution in [-0.2, 0) is 6.54 Å². The van der Waals surface area contributed by atoms with Crippen LogP contribution in [0.4, 0.5) is 0 Å². The van der Waals surface area contributed by atoms with E-state index in [1.165, 1.54) is 11.1 Å². The van der Waals surface area contributed by atoms with Crippen LogP contribution in [0.1, 0.15) is 34.3 Å². The Morgan fingerprint density at radius 2 is 1.88 bits per heavy atom. The maximum Gasteiger partial charge on any atom is 0.251 e. The highest BCUT2D eigenvalue weighted by molar-refractivity contribution is 6.30. The van der Waals surface area contributed by atoms with Crippen LogP contribution in [0.15, 0.2) is 48.5 Å². The van der Waals surface area contributed by atoms with Crippen molar-refractivity contribution in [2.75, 3.05) is 13.1 Å². The Bertz CT molecular complexity index is 691. The minimum absolute atomic E-state index is 0.0104. The molecule has 0 saturated carbocycles. The first-order valence-electron chi connectivity index (χ1n) is 8.44. The molecule has 1 aliphatic rings. The number of amides is 1. The molecule has 1 N–H and O–H groups in total. The summed E-state index contributed by atoms with van der Waals surface area (Å²) in [5.41, 5.74) is 3.33. The van der Waals surface area contributed by atoms with Gasteiger partial charge in [0.2, 0.25) is 0 Å². The molecule has 1 aliphatic heterocycles. The molecule has 2 aromatic rings. The van der Waals surface area contributed by atoms with Crippen LogP contribution in [0.2, 0.25) is 5.02 Å². The molecule has 0 aromatic heterocycles.